The van der Waals surface area contributed by atoms with Crippen LogP contribution in [0.15, 0.2) is 35.1 Å². The van der Waals surface area contributed by atoms with Gasteiger partial charge in [0.1, 0.15) is 6.26 Å². The summed E-state index contributed by atoms with van der Waals surface area (Å²) in [6.07, 6.45) is 3.10. The second-order valence-electron chi connectivity index (χ2n) is 5.04. The number of carbonyl (C=O) groups excluding carboxylic acids is 1. The van der Waals surface area contributed by atoms with Gasteiger partial charge in [-0.3, -0.25) is 4.79 Å². The highest BCUT2D eigenvalue weighted by molar-refractivity contribution is 5.97. The van der Waals surface area contributed by atoms with Gasteiger partial charge in [0.15, 0.2) is 0 Å². The maximum Gasteiger partial charge on any atom is 0.243 e. The summed E-state index contributed by atoms with van der Waals surface area (Å²) < 4.78 is 5.28. The molecule has 1 amide bonds. The Kier molecular flexibility index (Phi) is 3.40. The SMILES string of the molecule is Cc1ccc(NC(=O)C(C)(C)N)cc1-c1ncco1. The largest absolute Gasteiger partial charge is 0.445 e. The van der Waals surface area contributed by atoms with Crippen LogP contribution in [0.4, 0.5) is 5.69 Å². The van der Waals surface area contributed by atoms with Gasteiger partial charge in [0.05, 0.1) is 11.7 Å². The number of aryl methyl sites for hydroxylation is 1. The lowest BCUT2D eigenvalue weighted by Crippen LogP contribution is -2.45. The Labute approximate surface area is 111 Å². The number of nitrogens with zero attached hydrogens (tertiary/aromatic N) is 1. The van der Waals surface area contributed by atoms with E-state index in [0.29, 0.717) is 11.6 Å². The lowest BCUT2D eigenvalue weighted by molar-refractivity contribution is -0.120. The molecule has 100 valence electrons. The maximum absolute atomic E-state index is 11.8. The molecule has 0 radical (unpaired) electrons. The van der Waals surface area contributed by atoms with Gasteiger partial charge in [0.2, 0.25) is 11.8 Å². The standard InChI is InChI=1S/C14H17N3O2/c1-9-4-5-10(17-13(18)14(2,3)15)8-11(9)12-16-6-7-19-12/h4-8H,15H2,1-3H3,(H,17,18). The van der Waals surface area contributed by atoms with Crippen molar-refractivity contribution in [2.45, 2.75) is 26.3 Å². The molecule has 0 fully saturated rings. The number of carbonyl (C=O) groups is 1. The molecule has 1 aromatic heterocycles. The van der Waals surface area contributed by atoms with Crippen molar-refractivity contribution in [3.05, 3.63) is 36.2 Å². The van der Waals surface area contributed by atoms with E-state index < -0.39 is 5.54 Å². The van der Waals surface area contributed by atoms with Crippen LogP contribution in [0.1, 0.15) is 19.4 Å². The Morgan fingerprint density at radius 1 is 1.42 bits per heavy atom. The minimum atomic E-state index is -0.923. The van der Waals surface area contributed by atoms with Crippen LogP contribution in [0, 0.1) is 6.92 Å². The summed E-state index contributed by atoms with van der Waals surface area (Å²) >= 11 is 0. The van der Waals surface area contributed by atoms with Crippen LogP contribution >= 0.6 is 0 Å². The van der Waals surface area contributed by atoms with Crippen molar-refractivity contribution >= 4 is 11.6 Å². The summed E-state index contributed by atoms with van der Waals surface area (Å²) in [7, 11) is 0. The number of oxazole rings is 1. The monoisotopic (exact) mass is 259 g/mol. The molecule has 5 heteroatoms. The van der Waals surface area contributed by atoms with Crippen LogP contribution in [-0.4, -0.2) is 16.4 Å². The van der Waals surface area contributed by atoms with Gasteiger partial charge in [-0.15, -0.1) is 0 Å². The molecule has 3 N–H and O–H groups in total. The first-order chi connectivity index (χ1) is 8.88. The van der Waals surface area contributed by atoms with E-state index in [2.05, 4.69) is 10.3 Å². The Morgan fingerprint density at radius 3 is 2.74 bits per heavy atom. The predicted octanol–water partition coefficient (Wildman–Crippen LogP) is 2.33. The van der Waals surface area contributed by atoms with E-state index in [-0.39, 0.29) is 5.91 Å². The van der Waals surface area contributed by atoms with Crippen molar-refractivity contribution in [1.82, 2.24) is 4.98 Å². The molecule has 0 unspecified atom stereocenters. The maximum atomic E-state index is 11.8. The number of hydrogen-bond acceptors (Lipinski definition) is 4. The van der Waals surface area contributed by atoms with Crippen LogP contribution in [0.3, 0.4) is 0 Å². The lowest BCUT2D eigenvalue weighted by atomic mass is 10.0. The fourth-order valence-corrected chi connectivity index (χ4v) is 1.58. The number of anilines is 1. The highest BCUT2D eigenvalue weighted by Gasteiger charge is 2.22. The van der Waals surface area contributed by atoms with Crippen molar-refractivity contribution in [2.75, 3.05) is 5.32 Å². The number of nitrogens with two attached hydrogens (primary N) is 1. The van der Waals surface area contributed by atoms with Gasteiger partial charge in [-0.1, -0.05) is 6.07 Å². The number of amides is 1. The second-order valence-corrected chi connectivity index (χ2v) is 5.04. The van der Waals surface area contributed by atoms with Crippen molar-refractivity contribution in [3.8, 4) is 11.5 Å². The van der Waals surface area contributed by atoms with Crippen molar-refractivity contribution in [2.24, 2.45) is 5.73 Å². The minimum Gasteiger partial charge on any atom is -0.445 e. The number of rotatable bonds is 3. The molecule has 0 spiro atoms. The summed E-state index contributed by atoms with van der Waals surface area (Å²) in [5.74, 6) is 0.287. The molecule has 2 aromatic rings. The first-order valence-corrected chi connectivity index (χ1v) is 5.99. The van der Waals surface area contributed by atoms with Crippen LogP contribution in [0.2, 0.25) is 0 Å². The molecule has 0 aliphatic heterocycles. The molecule has 0 bridgehead atoms. The second kappa shape index (κ2) is 4.85. The van der Waals surface area contributed by atoms with Gasteiger partial charge < -0.3 is 15.5 Å². The van der Waals surface area contributed by atoms with Crippen LogP contribution in [-0.2, 0) is 4.79 Å². The zero-order chi connectivity index (χ0) is 14.0. The van der Waals surface area contributed by atoms with Crippen molar-refractivity contribution in [1.29, 1.82) is 0 Å². The van der Waals surface area contributed by atoms with Gasteiger partial charge in [-0.25, -0.2) is 4.98 Å². The van der Waals surface area contributed by atoms with Gasteiger partial charge in [-0.05, 0) is 38.5 Å². The third kappa shape index (κ3) is 3.00. The number of nitrogens with one attached hydrogen (secondary N) is 1. The topological polar surface area (TPSA) is 81.2 Å². The van der Waals surface area contributed by atoms with E-state index in [9.17, 15) is 4.79 Å². The molecular weight excluding hydrogens is 242 g/mol. The highest BCUT2D eigenvalue weighted by atomic mass is 16.3. The summed E-state index contributed by atoms with van der Waals surface area (Å²) in [6.45, 7) is 5.27. The first kappa shape index (κ1) is 13.3. The molecule has 1 aromatic carbocycles. The average Bonchev–Trinajstić information content (AvgIpc) is 2.83. The molecule has 0 saturated heterocycles. The normalized spacial score (nSPS) is 11.4. The molecule has 19 heavy (non-hydrogen) atoms. The molecule has 0 aliphatic rings. The molecule has 2 rings (SSSR count). The fourth-order valence-electron chi connectivity index (χ4n) is 1.58. The quantitative estimate of drug-likeness (QED) is 0.886. The summed E-state index contributed by atoms with van der Waals surface area (Å²) in [5, 5.41) is 2.78. The summed E-state index contributed by atoms with van der Waals surface area (Å²) in [6, 6.07) is 5.55. The first-order valence-electron chi connectivity index (χ1n) is 5.99. The van der Waals surface area contributed by atoms with Crippen molar-refractivity contribution < 1.29 is 9.21 Å². The third-order valence-corrected chi connectivity index (χ3v) is 2.74. The summed E-state index contributed by atoms with van der Waals surface area (Å²) in [5.41, 5.74) is 7.36. The van der Waals surface area contributed by atoms with E-state index in [1.54, 1.807) is 20.0 Å². The van der Waals surface area contributed by atoms with Gasteiger partial charge in [0.25, 0.3) is 0 Å². The van der Waals surface area contributed by atoms with E-state index in [1.165, 1.54) is 6.26 Å². The zero-order valence-electron chi connectivity index (χ0n) is 11.2. The lowest BCUT2D eigenvalue weighted by Gasteiger charge is -2.18. The zero-order valence-corrected chi connectivity index (χ0v) is 11.2. The minimum absolute atomic E-state index is 0.241. The van der Waals surface area contributed by atoms with E-state index >= 15 is 0 Å². The molecule has 0 saturated carbocycles. The Bertz CT molecular complexity index is 583. The summed E-state index contributed by atoms with van der Waals surface area (Å²) in [4.78, 5) is 16.0. The fraction of sp³-hybridized carbons (Fsp3) is 0.286. The van der Waals surface area contributed by atoms with Crippen LogP contribution < -0.4 is 11.1 Å². The van der Waals surface area contributed by atoms with Crippen LogP contribution in [0.5, 0.6) is 0 Å². The Balaban J connectivity index is 2.30. The molecular formula is C14H17N3O2. The smallest absolute Gasteiger partial charge is 0.243 e. The van der Waals surface area contributed by atoms with Crippen molar-refractivity contribution in [3.63, 3.8) is 0 Å². The number of hydrogen-bond donors (Lipinski definition) is 2. The molecule has 1 heterocycles. The Hall–Kier alpha value is -2.14. The highest BCUT2D eigenvalue weighted by Crippen LogP contribution is 2.25. The van der Waals surface area contributed by atoms with Crippen LogP contribution in [0.25, 0.3) is 11.5 Å². The average molecular weight is 259 g/mol. The van der Waals surface area contributed by atoms with Gasteiger partial charge in [0, 0.05) is 11.3 Å². The van der Waals surface area contributed by atoms with E-state index in [4.69, 9.17) is 10.2 Å². The van der Waals surface area contributed by atoms with Gasteiger partial charge >= 0.3 is 0 Å². The number of aromatic nitrogens is 1. The van der Waals surface area contributed by atoms with E-state index in [0.717, 1.165) is 11.1 Å². The molecule has 0 atom stereocenters. The van der Waals surface area contributed by atoms with E-state index in [1.807, 2.05) is 25.1 Å². The third-order valence-electron chi connectivity index (χ3n) is 2.74. The molecule has 0 aliphatic carbocycles. The predicted molar refractivity (Wildman–Crippen MR) is 73.6 cm³/mol. The van der Waals surface area contributed by atoms with Gasteiger partial charge in [-0.2, -0.15) is 0 Å². The number of benzene rings is 1. The Morgan fingerprint density at radius 2 is 2.16 bits per heavy atom. The molecule has 5 nitrogen and oxygen atoms in total.